The second kappa shape index (κ2) is 12.6. The van der Waals surface area contributed by atoms with E-state index in [1.165, 1.54) is 0 Å². The lowest BCUT2D eigenvalue weighted by molar-refractivity contribution is -0.121. The van der Waals surface area contributed by atoms with Gasteiger partial charge in [-0.15, -0.1) is 0 Å². The van der Waals surface area contributed by atoms with Crippen LogP contribution >= 0.6 is 0 Å². The summed E-state index contributed by atoms with van der Waals surface area (Å²) in [6, 6.07) is 17.3. The van der Waals surface area contributed by atoms with Crippen LogP contribution in [-0.4, -0.2) is 51.1 Å². The van der Waals surface area contributed by atoms with Crippen molar-refractivity contribution in [2.45, 2.75) is 39.2 Å². The molecule has 8 heteroatoms. The van der Waals surface area contributed by atoms with Gasteiger partial charge in [0.15, 0.2) is 5.78 Å². The summed E-state index contributed by atoms with van der Waals surface area (Å²) in [5.74, 6) is 0.0936. The van der Waals surface area contributed by atoms with Crippen LogP contribution in [0.15, 0.2) is 78.2 Å². The summed E-state index contributed by atoms with van der Waals surface area (Å²) >= 11 is 0. The summed E-state index contributed by atoms with van der Waals surface area (Å²) in [4.78, 5) is 40.0. The van der Waals surface area contributed by atoms with E-state index in [0.717, 1.165) is 22.2 Å². The molecule has 0 aliphatic rings. The second-order valence-electron chi connectivity index (χ2n) is 8.98. The Labute approximate surface area is 216 Å². The summed E-state index contributed by atoms with van der Waals surface area (Å²) in [6.07, 6.45) is 9.60. The molecule has 0 radical (unpaired) electrons. The number of rotatable bonds is 13. The van der Waals surface area contributed by atoms with Crippen molar-refractivity contribution >= 4 is 34.6 Å². The number of ketones is 2. The number of Topliss-reactive ketones (excluding diaryl/α,β-unsaturated/α-hetero) is 2. The van der Waals surface area contributed by atoms with Gasteiger partial charge in [-0.3, -0.25) is 14.6 Å². The third-order valence-corrected chi connectivity index (χ3v) is 6.04. The molecule has 4 rings (SSSR count). The molecule has 190 valence electrons. The zero-order valence-electron chi connectivity index (χ0n) is 21.0. The van der Waals surface area contributed by atoms with Gasteiger partial charge in [0.25, 0.3) is 0 Å². The smallest absolute Gasteiger partial charge is 0.220 e. The zero-order chi connectivity index (χ0) is 26.0. The molecule has 0 atom stereocenters. The number of aliphatic imine (C=N–C) groups is 1. The Morgan fingerprint density at radius 1 is 1.00 bits per heavy atom. The third-order valence-electron chi connectivity index (χ3n) is 6.04. The molecular weight excluding hydrogens is 466 g/mol. The minimum absolute atomic E-state index is 0.00145. The Bertz CT molecular complexity index is 1400. The standard InChI is InChI=1S/C29H31N5O3/c1-22(35)6-3-13-31-29(37)9-4-15-33-17-12-24-19-25(10-11-27(24)33)28(36)21-30-20-23-7-2-8-26(18-23)34-16-5-14-32-34/h2,5,7-8,10-12,14,16-20H,3-4,6,9,13,15,21H2,1H3,(H,31,37). The van der Waals surface area contributed by atoms with Gasteiger partial charge in [-0.05, 0) is 67.8 Å². The third kappa shape index (κ3) is 7.33. The maximum atomic E-state index is 12.7. The topological polar surface area (TPSA) is 98.4 Å². The Hall–Kier alpha value is -4.33. The van der Waals surface area contributed by atoms with Crippen LogP contribution in [0.2, 0.25) is 0 Å². The highest BCUT2D eigenvalue weighted by Crippen LogP contribution is 2.19. The molecule has 8 nitrogen and oxygen atoms in total. The molecule has 37 heavy (non-hydrogen) atoms. The lowest BCUT2D eigenvalue weighted by Gasteiger charge is -2.07. The normalized spacial score (nSPS) is 11.3. The molecule has 0 fully saturated rings. The van der Waals surface area contributed by atoms with Gasteiger partial charge in [-0.2, -0.15) is 5.10 Å². The summed E-state index contributed by atoms with van der Waals surface area (Å²) in [6.45, 7) is 2.86. The highest BCUT2D eigenvalue weighted by Gasteiger charge is 2.09. The minimum Gasteiger partial charge on any atom is -0.356 e. The number of aromatic nitrogens is 3. The number of nitrogens with one attached hydrogen (secondary N) is 1. The molecule has 0 saturated carbocycles. The molecule has 4 aromatic rings. The van der Waals surface area contributed by atoms with Crippen molar-refractivity contribution in [1.82, 2.24) is 19.7 Å². The number of hydrogen-bond donors (Lipinski definition) is 1. The van der Waals surface area contributed by atoms with Crippen molar-refractivity contribution in [3.63, 3.8) is 0 Å². The van der Waals surface area contributed by atoms with Crippen LogP contribution in [0.1, 0.15) is 48.5 Å². The number of amides is 1. The van der Waals surface area contributed by atoms with Gasteiger partial charge in [-0.25, -0.2) is 4.68 Å². The summed E-state index contributed by atoms with van der Waals surface area (Å²) in [5.41, 5.74) is 3.48. The fraction of sp³-hybridized carbons (Fsp3) is 0.276. The Kier molecular flexibility index (Phi) is 8.75. The first-order valence-corrected chi connectivity index (χ1v) is 12.5. The SMILES string of the molecule is CC(=O)CCCNC(=O)CCCn1ccc2cc(C(=O)CN=Cc3cccc(-n4cccn4)c3)ccc21. The van der Waals surface area contributed by atoms with Crippen LogP contribution in [0.5, 0.6) is 0 Å². The van der Waals surface area contributed by atoms with Crippen molar-refractivity contribution in [2.24, 2.45) is 4.99 Å². The van der Waals surface area contributed by atoms with E-state index in [2.05, 4.69) is 20.0 Å². The maximum Gasteiger partial charge on any atom is 0.220 e. The first-order chi connectivity index (χ1) is 18.0. The van der Waals surface area contributed by atoms with Crippen molar-refractivity contribution < 1.29 is 14.4 Å². The van der Waals surface area contributed by atoms with Crippen molar-refractivity contribution in [3.05, 3.63) is 84.3 Å². The van der Waals surface area contributed by atoms with Gasteiger partial charge in [0.1, 0.15) is 12.3 Å². The molecule has 2 aromatic carbocycles. The highest BCUT2D eigenvalue weighted by molar-refractivity contribution is 6.01. The molecule has 0 spiro atoms. The molecule has 0 aliphatic carbocycles. The average Bonchev–Trinajstić information content (AvgIpc) is 3.57. The molecule has 0 bridgehead atoms. The number of fused-ring (bicyclic) bond motifs is 1. The fourth-order valence-corrected chi connectivity index (χ4v) is 4.13. The predicted molar refractivity (Wildman–Crippen MR) is 144 cm³/mol. The largest absolute Gasteiger partial charge is 0.356 e. The lowest BCUT2D eigenvalue weighted by Crippen LogP contribution is -2.24. The molecular formula is C29H31N5O3. The van der Waals surface area contributed by atoms with Crippen LogP contribution in [0.3, 0.4) is 0 Å². The predicted octanol–water partition coefficient (Wildman–Crippen LogP) is 4.39. The fourth-order valence-electron chi connectivity index (χ4n) is 4.13. The maximum absolute atomic E-state index is 12.7. The van der Waals surface area contributed by atoms with Crippen molar-refractivity contribution in [2.75, 3.05) is 13.1 Å². The van der Waals surface area contributed by atoms with Crippen LogP contribution in [0.4, 0.5) is 0 Å². The molecule has 2 aromatic heterocycles. The van der Waals surface area contributed by atoms with Gasteiger partial charge < -0.3 is 14.7 Å². The summed E-state index contributed by atoms with van der Waals surface area (Å²) in [7, 11) is 0. The van der Waals surface area contributed by atoms with Gasteiger partial charge in [-0.1, -0.05) is 12.1 Å². The molecule has 0 unspecified atom stereocenters. The molecule has 1 N–H and O–H groups in total. The lowest BCUT2D eigenvalue weighted by atomic mass is 10.1. The number of benzene rings is 2. The van der Waals surface area contributed by atoms with Crippen molar-refractivity contribution in [1.29, 1.82) is 0 Å². The minimum atomic E-state index is -0.0458. The van der Waals surface area contributed by atoms with E-state index in [4.69, 9.17) is 0 Å². The number of hydrogen-bond acceptors (Lipinski definition) is 5. The van der Waals surface area contributed by atoms with E-state index in [-0.39, 0.29) is 24.0 Å². The van der Waals surface area contributed by atoms with E-state index in [9.17, 15) is 14.4 Å². The van der Waals surface area contributed by atoms with Crippen molar-refractivity contribution in [3.8, 4) is 5.69 Å². The summed E-state index contributed by atoms with van der Waals surface area (Å²) < 4.78 is 3.87. The number of aryl methyl sites for hydroxylation is 1. The molecule has 0 saturated heterocycles. The average molecular weight is 498 g/mol. The number of carbonyl (C=O) groups excluding carboxylic acids is 3. The number of carbonyl (C=O) groups is 3. The zero-order valence-corrected chi connectivity index (χ0v) is 21.0. The number of nitrogens with zero attached hydrogens (tertiary/aromatic N) is 4. The van der Waals surface area contributed by atoms with Crippen LogP contribution in [0, 0.1) is 0 Å². The Morgan fingerprint density at radius 2 is 1.89 bits per heavy atom. The highest BCUT2D eigenvalue weighted by atomic mass is 16.1. The first-order valence-electron chi connectivity index (χ1n) is 12.5. The van der Waals surface area contributed by atoms with E-state index in [1.807, 2.05) is 67.0 Å². The quantitative estimate of drug-likeness (QED) is 0.168. The molecule has 0 aliphatic heterocycles. The second-order valence-corrected chi connectivity index (χ2v) is 8.98. The van der Waals surface area contributed by atoms with E-state index in [1.54, 1.807) is 24.0 Å². The van der Waals surface area contributed by atoms with Crippen LogP contribution in [-0.2, 0) is 16.1 Å². The van der Waals surface area contributed by atoms with Gasteiger partial charge in [0, 0.05) is 67.2 Å². The van der Waals surface area contributed by atoms with Gasteiger partial charge in [0.05, 0.1) is 5.69 Å². The van der Waals surface area contributed by atoms with Crippen LogP contribution < -0.4 is 5.32 Å². The molecule has 1 amide bonds. The van der Waals surface area contributed by atoms with E-state index in [0.29, 0.717) is 44.3 Å². The summed E-state index contributed by atoms with van der Waals surface area (Å²) in [5, 5.41) is 8.07. The Morgan fingerprint density at radius 3 is 2.70 bits per heavy atom. The van der Waals surface area contributed by atoms with Crippen LogP contribution in [0.25, 0.3) is 16.6 Å². The van der Waals surface area contributed by atoms with E-state index < -0.39 is 0 Å². The van der Waals surface area contributed by atoms with Gasteiger partial charge in [0.2, 0.25) is 5.91 Å². The Balaban J connectivity index is 1.28. The van der Waals surface area contributed by atoms with Gasteiger partial charge >= 0.3 is 0 Å². The van der Waals surface area contributed by atoms with E-state index >= 15 is 0 Å². The molecule has 2 heterocycles. The first kappa shape index (κ1) is 25.8. The monoisotopic (exact) mass is 497 g/mol.